The van der Waals surface area contributed by atoms with E-state index in [1.807, 2.05) is 30.3 Å². The van der Waals surface area contributed by atoms with E-state index < -0.39 is 0 Å². The van der Waals surface area contributed by atoms with E-state index in [1.165, 1.54) is 12.8 Å². The molecule has 3 heteroatoms. The average molecular weight is 258 g/mol. The first kappa shape index (κ1) is 14.0. The zero-order valence-corrected chi connectivity index (χ0v) is 11.3. The summed E-state index contributed by atoms with van der Waals surface area (Å²) in [6.45, 7) is 1.90. The van der Waals surface area contributed by atoms with Gasteiger partial charge in [-0.2, -0.15) is 5.26 Å². The van der Waals surface area contributed by atoms with Gasteiger partial charge in [0.1, 0.15) is 0 Å². The molecule has 0 amide bonds. The van der Waals surface area contributed by atoms with Gasteiger partial charge >= 0.3 is 0 Å². The molecule has 0 aromatic heterocycles. The van der Waals surface area contributed by atoms with Crippen LogP contribution in [0.4, 0.5) is 0 Å². The highest BCUT2D eigenvalue weighted by Crippen LogP contribution is 2.30. The summed E-state index contributed by atoms with van der Waals surface area (Å²) in [6, 6.07) is 12.3. The number of aliphatic hydroxyl groups is 1. The van der Waals surface area contributed by atoms with Gasteiger partial charge in [-0.1, -0.05) is 36.8 Å². The minimum absolute atomic E-state index is 0.0878. The highest BCUT2D eigenvalue weighted by molar-refractivity contribution is 5.24. The van der Waals surface area contributed by atoms with Crippen LogP contribution in [0.5, 0.6) is 0 Å². The molecular weight excluding hydrogens is 236 g/mol. The van der Waals surface area contributed by atoms with Gasteiger partial charge in [0.25, 0.3) is 0 Å². The van der Waals surface area contributed by atoms with Crippen molar-refractivity contribution in [1.29, 1.82) is 5.26 Å². The van der Waals surface area contributed by atoms with Crippen molar-refractivity contribution in [2.75, 3.05) is 19.7 Å². The Morgan fingerprint density at radius 3 is 2.68 bits per heavy atom. The lowest BCUT2D eigenvalue weighted by Crippen LogP contribution is -2.29. The molecule has 3 nitrogen and oxygen atoms in total. The summed E-state index contributed by atoms with van der Waals surface area (Å²) in [5.74, 6) is 0.931. The van der Waals surface area contributed by atoms with E-state index in [0.717, 1.165) is 18.5 Å². The summed E-state index contributed by atoms with van der Waals surface area (Å²) in [6.07, 6.45) is 3.56. The van der Waals surface area contributed by atoms with Crippen LogP contribution < -0.4 is 5.32 Å². The second-order valence-electron chi connectivity index (χ2n) is 5.38. The van der Waals surface area contributed by atoms with Crippen molar-refractivity contribution in [3.8, 4) is 6.07 Å². The molecule has 2 rings (SSSR count). The number of nitrogens with zero attached hydrogens (tertiary/aromatic N) is 1. The second-order valence-corrected chi connectivity index (χ2v) is 5.38. The topological polar surface area (TPSA) is 56.0 Å². The van der Waals surface area contributed by atoms with Crippen LogP contribution in [0.15, 0.2) is 30.3 Å². The van der Waals surface area contributed by atoms with Crippen LogP contribution in [0.2, 0.25) is 0 Å². The number of rotatable bonds is 6. The predicted octanol–water partition coefficient (Wildman–Crippen LogP) is 2.29. The third-order valence-corrected chi connectivity index (χ3v) is 4.16. The summed E-state index contributed by atoms with van der Waals surface area (Å²) >= 11 is 0. The molecular formula is C16H22N2O. The molecule has 1 aromatic carbocycles. The minimum Gasteiger partial charge on any atom is -0.396 e. The Balaban J connectivity index is 1.80. The van der Waals surface area contributed by atoms with Gasteiger partial charge in [0, 0.05) is 13.2 Å². The lowest BCUT2D eigenvalue weighted by atomic mass is 9.96. The summed E-state index contributed by atoms with van der Waals surface area (Å²) in [5.41, 5.74) is 1.07. The molecule has 0 saturated heterocycles. The number of aliphatic hydroxyl groups excluding tert-OH is 1. The van der Waals surface area contributed by atoms with Crippen molar-refractivity contribution in [1.82, 2.24) is 5.32 Å². The van der Waals surface area contributed by atoms with E-state index in [4.69, 9.17) is 0 Å². The molecule has 1 fully saturated rings. The van der Waals surface area contributed by atoms with Crippen LogP contribution in [0.3, 0.4) is 0 Å². The molecule has 102 valence electrons. The molecule has 1 saturated carbocycles. The van der Waals surface area contributed by atoms with Crippen molar-refractivity contribution < 1.29 is 5.11 Å². The maximum absolute atomic E-state index is 9.29. The Kier molecular flexibility index (Phi) is 5.38. The zero-order valence-electron chi connectivity index (χ0n) is 11.3. The van der Waals surface area contributed by atoms with Gasteiger partial charge in [-0.3, -0.25) is 0 Å². The number of nitriles is 1. The van der Waals surface area contributed by atoms with Gasteiger partial charge in [-0.05, 0) is 36.8 Å². The van der Waals surface area contributed by atoms with Crippen molar-refractivity contribution in [3.63, 3.8) is 0 Å². The van der Waals surface area contributed by atoms with E-state index >= 15 is 0 Å². The summed E-state index contributed by atoms with van der Waals surface area (Å²) < 4.78 is 0. The van der Waals surface area contributed by atoms with Crippen molar-refractivity contribution in [3.05, 3.63) is 35.9 Å². The molecule has 0 spiro atoms. The standard InChI is InChI=1S/C16H22N2O/c17-9-16(13-5-2-1-3-6-13)11-18-10-14-7-4-8-15(14)12-19/h1-3,5-6,14-16,18-19H,4,7-8,10-12H2. The smallest absolute Gasteiger partial charge is 0.0837 e. The molecule has 19 heavy (non-hydrogen) atoms. The Hall–Kier alpha value is -1.37. The van der Waals surface area contributed by atoms with Crippen LogP contribution in [0.1, 0.15) is 30.7 Å². The first-order chi connectivity index (χ1) is 9.35. The molecule has 0 radical (unpaired) electrons. The Morgan fingerprint density at radius 2 is 2.00 bits per heavy atom. The maximum atomic E-state index is 9.29. The molecule has 0 heterocycles. The SMILES string of the molecule is N#CC(CNCC1CCCC1CO)c1ccccc1. The fraction of sp³-hybridized carbons (Fsp3) is 0.562. The highest BCUT2D eigenvalue weighted by atomic mass is 16.3. The molecule has 0 bridgehead atoms. The first-order valence-corrected chi connectivity index (χ1v) is 7.11. The van der Waals surface area contributed by atoms with Gasteiger partial charge in [-0.25, -0.2) is 0 Å². The van der Waals surface area contributed by atoms with Crippen LogP contribution >= 0.6 is 0 Å². The number of hydrogen-bond acceptors (Lipinski definition) is 3. The lowest BCUT2D eigenvalue weighted by molar-refractivity contribution is 0.192. The highest BCUT2D eigenvalue weighted by Gasteiger charge is 2.26. The molecule has 1 aromatic rings. The van der Waals surface area contributed by atoms with Crippen molar-refractivity contribution in [2.24, 2.45) is 11.8 Å². The summed E-state index contributed by atoms with van der Waals surface area (Å²) in [4.78, 5) is 0. The van der Waals surface area contributed by atoms with Gasteiger partial charge in [0.05, 0.1) is 12.0 Å². The fourth-order valence-corrected chi connectivity index (χ4v) is 2.96. The van der Waals surface area contributed by atoms with Crippen LogP contribution in [-0.2, 0) is 0 Å². The molecule has 2 N–H and O–H groups in total. The molecule has 1 aliphatic rings. The fourth-order valence-electron chi connectivity index (χ4n) is 2.96. The third-order valence-electron chi connectivity index (χ3n) is 4.16. The number of nitrogens with one attached hydrogen (secondary N) is 1. The quantitative estimate of drug-likeness (QED) is 0.823. The molecule has 0 aliphatic heterocycles. The van der Waals surface area contributed by atoms with Crippen LogP contribution in [0.25, 0.3) is 0 Å². The van der Waals surface area contributed by atoms with E-state index in [2.05, 4.69) is 11.4 Å². The van der Waals surface area contributed by atoms with E-state index in [9.17, 15) is 10.4 Å². The van der Waals surface area contributed by atoms with E-state index in [0.29, 0.717) is 25.0 Å². The largest absolute Gasteiger partial charge is 0.396 e. The van der Waals surface area contributed by atoms with E-state index in [1.54, 1.807) is 0 Å². The number of hydrogen-bond donors (Lipinski definition) is 2. The Morgan fingerprint density at radius 1 is 1.26 bits per heavy atom. The van der Waals surface area contributed by atoms with Crippen molar-refractivity contribution >= 4 is 0 Å². The summed E-state index contributed by atoms with van der Waals surface area (Å²) in [7, 11) is 0. The number of benzene rings is 1. The summed E-state index contributed by atoms with van der Waals surface area (Å²) in [5, 5.41) is 21.9. The Bertz CT molecular complexity index is 413. The van der Waals surface area contributed by atoms with Crippen LogP contribution in [-0.4, -0.2) is 24.8 Å². The van der Waals surface area contributed by atoms with Gasteiger partial charge in [0.2, 0.25) is 0 Å². The minimum atomic E-state index is -0.0878. The molecule has 1 aliphatic carbocycles. The van der Waals surface area contributed by atoms with Gasteiger partial charge in [0.15, 0.2) is 0 Å². The van der Waals surface area contributed by atoms with Gasteiger partial charge < -0.3 is 10.4 Å². The van der Waals surface area contributed by atoms with E-state index in [-0.39, 0.29) is 5.92 Å². The molecule has 3 unspecified atom stereocenters. The second kappa shape index (κ2) is 7.28. The lowest BCUT2D eigenvalue weighted by Gasteiger charge is -2.19. The Labute approximate surface area is 115 Å². The first-order valence-electron chi connectivity index (χ1n) is 7.11. The monoisotopic (exact) mass is 258 g/mol. The predicted molar refractivity (Wildman–Crippen MR) is 75.6 cm³/mol. The average Bonchev–Trinajstić information content (AvgIpc) is 2.92. The third kappa shape index (κ3) is 3.79. The van der Waals surface area contributed by atoms with Gasteiger partial charge in [-0.15, -0.1) is 0 Å². The van der Waals surface area contributed by atoms with Crippen LogP contribution in [0, 0.1) is 23.2 Å². The normalized spacial score (nSPS) is 24.0. The van der Waals surface area contributed by atoms with Crippen molar-refractivity contribution in [2.45, 2.75) is 25.2 Å². The maximum Gasteiger partial charge on any atom is 0.0837 e. The molecule has 3 atom stereocenters. The zero-order chi connectivity index (χ0) is 13.5.